The maximum Gasteiger partial charge on any atom is 0.171 e. The smallest absolute Gasteiger partial charge is 0.171 e. The molecule has 0 saturated carbocycles. The summed E-state index contributed by atoms with van der Waals surface area (Å²) in [6.45, 7) is 4.96. The second-order valence-electron chi connectivity index (χ2n) is 7.54. The number of aryl methyl sites for hydroxylation is 1. The average molecular weight is 486 g/mol. The minimum Gasteiger partial charge on any atom is -0.490 e. The highest BCUT2D eigenvalue weighted by molar-refractivity contribution is 6.40. The van der Waals surface area contributed by atoms with Crippen molar-refractivity contribution in [3.63, 3.8) is 0 Å². The summed E-state index contributed by atoms with van der Waals surface area (Å²) in [5, 5.41) is 4.97. The predicted molar refractivity (Wildman–Crippen MR) is 133 cm³/mol. The van der Waals surface area contributed by atoms with Gasteiger partial charge in [0.15, 0.2) is 17.4 Å². The third kappa shape index (κ3) is 6.13. The Morgan fingerprint density at radius 3 is 2.76 bits per heavy atom. The first-order valence-electron chi connectivity index (χ1n) is 10.7. The van der Waals surface area contributed by atoms with E-state index in [4.69, 9.17) is 32.7 Å². The van der Waals surface area contributed by atoms with Crippen LogP contribution in [-0.2, 0) is 11.2 Å². The van der Waals surface area contributed by atoms with Crippen LogP contribution in [0.5, 0.6) is 5.75 Å². The zero-order valence-corrected chi connectivity index (χ0v) is 19.8. The minimum absolute atomic E-state index is 0.277. The molecule has 0 bridgehead atoms. The van der Waals surface area contributed by atoms with Crippen molar-refractivity contribution in [2.24, 2.45) is 5.10 Å². The van der Waals surface area contributed by atoms with E-state index in [-0.39, 0.29) is 5.02 Å². The summed E-state index contributed by atoms with van der Waals surface area (Å²) in [5.74, 6) is 1.34. The number of hydrogen-bond acceptors (Lipinski definition) is 7. The van der Waals surface area contributed by atoms with E-state index in [2.05, 4.69) is 25.4 Å². The molecular weight excluding hydrogens is 461 g/mol. The maximum atomic E-state index is 6.71. The standard InChI is InChI=1S/C24H25Cl2N5O2/c1-17-5-4-6-18(15-17)16-28-30-23-20(25)22(33-12-8-19-7-2-3-9-27-19)21(26)24(29-23)31-10-13-32-14-11-31/h2-7,9,15-16H,8,10-14H2,1H3,(H,29,30)/b28-16+. The fourth-order valence-electron chi connectivity index (χ4n) is 3.42. The fourth-order valence-corrected chi connectivity index (χ4v) is 4.01. The van der Waals surface area contributed by atoms with Crippen molar-refractivity contribution in [2.45, 2.75) is 13.3 Å². The van der Waals surface area contributed by atoms with Gasteiger partial charge in [-0.25, -0.2) is 4.98 Å². The molecule has 0 aliphatic carbocycles. The molecule has 33 heavy (non-hydrogen) atoms. The van der Waals surface area contributed by atoms with Crippen LogP contribution in [0.1, 0.15) is 16.8 Å². The number of anilines is 2. The van der Waals surface area contributed by atoms with Crippen LogP contribution >= 0.6 is 23.2 Å². The number of morpholine rings is 1. The van der Waals surface area contributed by atoms with Gasteiger partial charge >= 0.3 is 0 Å². The number of benzene rings is 1. The number of nitrogens with one attached hydrogen (secondary N) is 1. The summed E-state index contributed by atoms with van der Waals surface area (Å²) in [6.07, 6.45) is 4.10. The molecule has 1 aliphatic heterocycles. The molecular formula is C24H25Cl2N5O2. The molecule has 7 nitrogen and oxygen atoms in total. The van der Waals surface area contributed by atoms with Crippen LogP contribution in [0.25, 0.3) is 0 Å². The van der Waals surface area contributed by atoms with Gasteiger partial charge in [0.05, 0.1) is 26.0 Å². The zero-order valence-electron chi connectivity index (χ0n) is 18.3. The highest BCUT2D eigenvalue weighted by Gasteiger charge is 2.24. The fraction of sp³-hybridized carbons (Fsp3) is 0.292. The lowest BCUT2D eigenvalue weighted by atomic mass is 10.2. The lowest BCUT2D eigenvalue weighted by molar-refractivity contribution is 0.122. The van der Waals surface area contributed by atoms with Crippen molar-refractivity contribution in [3.8, 4) is 5.75 Å². The zero-order chi connectivity index (χ0) is 23.0. The van der Waals surface area contributed by atoms with E-state index in [0.29, 0.717) is 61.7 Å². The van der Waals surface area contributed by atoms with Gasteiger partial charge in [0, 0.05) is 31.4 Å². The first-order valence-corrected chi connectivity index (χ1v) is 11.5. The average Bonchev–Trinajstić information content (AvgIpc) is 2.84. The summed E-state index contributed by atoms with van der Waals surface area (Å²) >= 11 is 13.4. The lowest BCUT2D eigenvalue weighted by Crippen LogP contribution is -2.37. The van der Waals surface area contributed by atoms with Gasteiger partial charge in [0.1, 0.15) is 10.0 Å². The molecule has 0 amide bonds. The van der Waals surface area contributed by atoms with Gasteiger partial charge in [-0.15, -0.1) is 0 Å². The highest BCUT2D eigenvalue weighted by atomic mass is 35.5. The molecule has 1 aromatic carbocycles. The van der Waals surface area contributed by atoms with Gasteiger partial charge in [-0.3, -0.25) is 10.4 Å². The topological polar surface area (TPSA) is 71.9 Å². The van der Waals surface area contributed by atoms with Gasteiger partial charge in [0.25, 0.3) is 0 Å². The molecule has 0 spiro atoms. The molecule has 1 aliphatic rings. The minimum atomic E-state index is 0.277. The number of pyridine rings is 2. The Kier molecular flexibility index (Phi) is 7.99. The van der Waals surface area contributed by atoms with Gasteiger partial charge in [0.2, 0.25) is 0 Å². The number of rotatable bonds is 8. The van der Waals surface area contributed by atoms with Crippen LogP contribution < -0.4 is 15.1 Å². The van der Waals surface area contributed by atoms with Crippen LogP contribution in [0.3, 0.4) is 0 Å². The first kappa shape index (κ1) is 23.3. The molecule has 1 saturated heterocycles. The van der Waals surface area contributed by atoms with E-state index in [1.54, 1.807) is 12.4 Å². The SMILES string of the molecule is Cc1cccc(/C=N/Nc2nc(N3CCOCC3)c(Cl)c(OCCc3ccccn3)c2Cl)c1. The molecule has 0 atom stereocenters. The second-order valence-corrected chi connectivity index (χ2v) is 8.30. The van der Waals surface area contributed by atoms with Gasteiger partial charge in [-0.2, -0.15) is 5.10 Å². The molecule has 0 radical (unpaired) electrons. The summed E-state index contributed by atoms with van der Waals surface area (Å²) < 4.78 is 11.5. The van der Waals surface area contributed by atoms with E-state index in [1.807, 2.05) is 49.4 Å². The third-order valence-corrected chi connectivity index (χ3v) is 5.78. The Hall–Kier alpha value is -2.87. The van der Waals surface area contributed by atoms with Crippen molar-refractivity contribution >= 4 is 41.1 Å². The Balaban J connectivity index is 1.58. The van der Waals surface area contributed by atoms with Crippen molar-refractivity contribution in [3.05, 3.63) is 75.5 Å². The van der Waals surface area contributed by atoms with Crippen molar-refractivity contribution < 1.29 is 9.47 Å². The Morgan fingerprint density at radius 1 is 1.15 bits per heavy atom. The quantitative estimate of drug-likeness (QED) is 0.357. The Bertz CT molecular complexity index is 1110. The van der Waals surface area contributed by atoms with E-state index in [0.717, 1.165) is 16.8 Å². The molecule has 3 heterocycles. The van der Waals surface area contributed by atoms with Crippen LogP contribution in [0.15, 0.2) is 53.8 Å². The van der Waals surface area contributed by atoms with Crippen LogP contribution in [0, 0.1) is 6.92 Å². The van der Waals surface area contributed by atoms with Gasteiger partial charge in [-0.1, -0.05) is 59.1 Å². The number of hydrazone groups is 1. The summed E-state index contributed by atoms with van der Waals surface area (Å²) in [6, 6.07) is 13.8. The molecule has 0 unspecified atom stereocenters. The number of hydrogen-bond donors (Lipinski definition) is 1. The van der Waals surface area contributed by atoms with Gasteiger partial charge in [-0.05, 0) is 24.6 Å². The van der Waals surface area contributed by atoms with Crippen molar-refractivity contribution in [2.75, 3.05) is 43.2 Å². The predicted octanol–water partition coefficient (Wildman–Crippen LogP) is 5.00. The van der Waals surface area contributed by atoms with Crippen LogP contribution in [-0.4, -0.2) is 49.1 Å². The molecule has 172 valence electrons. The molecule has 9 heteroatoms. The number of aromatic nitrogens is 2. The van der Waals surface area contributed by atoms with Crippen LogP contribution in [0.4, 0.5) is 11.6 Å². The second kappa shape index (κ2) is 11.3. The van der Waals surface area contributed by atoms with E-state index in [1.165, 1.54) is 0 Å². The first-order chi connectivity index (χ1) is 16.1. The normalized spacial score (nSPS) is 14.0. The monoisotopic (exact) mass is 485 g/mol. The molecule has 2 aromatic heterocycles. The number of nitrogens with zero attached hydrogens (tertiary/aromatic N) is 4. The largest absolute Gasteiger partial charge is 0.490 e. The maximum absolute atomic E-state index is 6.71. The summed E-state index contributed by atoms with van der Waals surface area (Å²) in [4.78, 5) is 11.0. The highest BCUT2D eigenvalue weighted by Crippen LogP contribution is 2.43. The van der Waals surface area contributed by atoms with Gasteiger partial charge < -0.3 is 14.4 Å². The summed E-state index contributed by atoms with van der Waals surface area (Å²) in [7, 11) is 0. The molecule has 3 aromatic rings. The summed E-state index contributed by atoms with van der Waals surface area (Å²) in [5.41, 5.74) is 6.00. The molecule has 4 rings (SSSR count). The van der Waals surface area contributed by atoms with E-state index in [9.17, 15) is 0 Å². The molecule has 1 fully saturated rings. The Labute approximate surface area is 203 Å². The lowest BCUT2D eigenvalue weighted by Gasteiger charge is -2.29. The molecule has 1 N–H and O–H groups in total. The Morgan fingerprint density at radius 2 is 2.00 bits per heavy atom. The van der Waals surface area contributed by atoms with E-state index < -0.39 is 0 Å². The van der Waals surface area contributed by atoms with Crippen LogP contribution in [0.2, 0.25) is 10.0 Å². The van der Waals surface area contributed by atoms with E-state index >= 15 is 0 Å². The number of ether oxygens (including phenoxy) is 2. The third-order valence-electron chi connectivity index (χ3n) is 5.09. The number of halogens is 2. The van der Waals surface area contributed by atoms with Crippen molar-refractivity contribution in [1.29, 1.82) is 0 Å². The van der Waals surface area contributed by atoms with Crippen molar-refractivity contribution in [1.82, 2.24) is 9.97 Å².